The van der Waals surface area contributed by atoms with Gasteiger partial charge in [0, 0.05) is 24.0 Å². The molecule has 108 valence electrons. The number of aromatic nitrogens is 7. The zero-order valence-electron chi connectivity index (χ0n) is 11.1. The molecule has 10 heteroatoms. The fourth-order valence-corrected chi connectivity index (χ4v) is 2.56. The Morgan fingerprint density at radius 1 is 1.29 bits per heavy atom. The van der Waals surface area contributed by atoms with E-state index in [2.05, 4.69) is 35.3 Å². The van der Waals surface area contributed by atoms with E-state index in [4.69, 9.17) is 11.6 Å². The van der Waals surface area contributed by atoms with Gasteiger partial charge in [-0.2, -0.15) is 24.7 Å². The van der Waals surface area contributed by atoms with Gasteiger partial charge in [0.1, 0.15) is 12.7 Å². The lowest BCUT2D eigenvalue weighted by atomic mass is 10.4. The fraction of sp³-hybridized carbons (Fsp3) is 0.273. The second-order valence-corrected chi connectivity index (χ2v) is 5.41. The van der Waals surface area contributed by atoms with Crippen LogP contribution in [-0.4, -0.2) is 41.2 Å². The maximum absolute atomic E-state index is 5.89. The van der Waals surface area contributed by atoms with Crippen LogP contribution in [0, 0.1) is 6.92 Å². The van der Waals surface area contributed by atoms with Crippen molar-refractivity contribution in [3.05, 3.63) is 34.0 Å². The SMILES string of the molecule is Cc1csc(CCNc2nc(Cl)nc(-n3cncn3)n2)n1. The van der Waals surface area contributed by atoms with Gasteiger partial charge in [-0.3, -0.25) is 0 Å². The number of halogens is 1. The highest BCUT2D eigenvalue weighted by Gasteiger charge is 2.07. The Labute approximate surface area is 129 Å². The molecule has 3 heterocycles. The first-order chi connectivity index (χ1) is 10.2. The predicted molar refractivity (Wildman–Crippen MR) is 78.8 cm³/mol. The molecular weight excluding hydrogens is 312 g/mol. The summed E-state index contributed by atoms with van der Waals surface area (Å²) in [6.07, 6.45) is 3.68. The first-order valence-electron chi connectivity index (χ1n) is 6.12. The van der Waals surface area contributed by atoms with Crippen molar-refractivity contribution in [2.45, 2.75) is 13.3 Å². The molecule has 0 aliphatic rings. The fourth-order valence-electron chi connectivity index (χ4n) is 1.63. The molecule has 0 unspecified atom stereocenters. The van der Waals surface area contributed by atoms with E-state index >= 15 is 0 Å². The molecule has 0 atom stereocenters. The lowest BCUT2D eigenvalue weighted by Crippen LogP contribution is -2.11. The summed E-state index contributed by atoms with van der Waals surface area (Å²) in [7, 11) is 0. The molecule has 1 N–H and O–H groups in total. The standard InChI is InChI=1S/C11H11ClN8S/c1-7-4-21-8(16-7)2-3-14-10-17-9(12)18-11(19-10)20-6-13-5-15-20/h4-6H,2-3H2,1H3,(H,14,17,18,19). The minimum atomic E-state index is 0.100. The van der Waals surface area contributed by atoms with E-state index in [1.165, 1.54) is 17.3 Å². The molecule has 0 aromatic carbocycles. The lowest BCUT2D eigenvalue weighted by molar-refractivity contribution is 0.792. The van der Waals surface area contributed by atoms with Crippen LogP contribution in [0.15, 0.2) is 18.0 Å². The van der Waals surface area contributed by atoms with E-state index in [9.17, 15) is 0 Å². The number of hydrogen-bond donors (Lipinski definition) is 1. The molecule has 0 aliphatic carbocycles. The van der Waals surface area contributed by atoms with Gasteiger partial charge < -0.3 is 5.32 Å². The predicted octanol–water partition coefficient (Wildman–Crippen LogP) is 1.53. The third-order valence-corrected chi connectivity index (χ3v) is 3.70. The minimum Gasteiger partial charge on any atom is -0.354 e. The Balaban J connectivity index is 1.68. The maximum atomic E-state index is 5.89. The number of hydrogen-bond acceptors (Lipinski definition) is 8. The van der Waals surface area contributed by atoms with E-state index in [-0.39, 0.29) is 5.28 Å². The molecule has 21 heavy (non-hydrogen) atoms. The van der Waals surface area contributed by atoms with Crippen LogP contribution in [0.4, 0.5) is 5.95 Å². The second-order valence-electron chi connectivity index (χ2n) is 4.13. The van der Waals surface area contributed by atoms with Crippen LogP contribution in [0.5, 0.6) is 0 Å². The van der Waals surface area contributed by atoms with E-state index in [1.807, 2.05) is 12.3 Å². The summed E-state index contributed by atoms with van der Waals surface area (Å²) in [6.45, 7) is 2.63. The maximum Gasteiger partial charge on any atom is 0.258 e. The van der Waals surface area contributed by atoms with Crippen LogP contribution in [0.2, 0.25) is 5.28 Å². The molecule has 0 fully saturated rings. The highest BCUT2D eigenvalue weighted by atomic mass is 35.5. The van der Waals surface area contributed by atoms with Gasteiger partial charge in [-0.25, -0.2) is 9.97 Å². The average molecular weight is 323 g/mol. The van der Waals surface area contributed by atoms with Gasteiger partial charge in [0.25, 0.3) is 5.95 Å². The minimum absolute atomic E-state index is 0.100. The van der Waals surface area contributed by atoms with Crippen molar-refractivity contribution in [3.8, 4) is 5.95 Å². The smallest absolute Gasteiger partial charge is 0.258 e. The Bertz CT molecular complexity index is 726. The van der Waals surface area contributed by atoms with Crippen molar-refractivity contribution >= 4 is 28.9 Å². The van der Waals surface area contributed by atoms with Crippen LogP contribution < -0.4 is 5.32 Å². The topological polar surface area (TPSA) is 94.3 Å². The Hall–Kier alpha value is -2.13. The average Bonchev–Trinajstić information content (AvgIpc) is 3.10. The summed E-state index contributed by atoms with van der Waals surface area (Å²) in [5, 5.41) is 10.3. The third-order valence-electron chi connectivity index (χ3n) is 2.51. The van der Waals surface area contributed by atoms with E-state index < -0.39 is 0 Å². The first kappa shape index (κ1) is 13.8. The normalized spacial score (nSPS) is 10.8. The number of thiazole rings is 1. The summed E-state index contributed by atoms with van der Waals surface area (Å²) >= 11 is 7.53. The lowest BCUT2D eigenvalue weighted by Gasteiger charge is -2.05. The van der Waals surface area contributed by atoms with Crippen molar-refractivity contribution in [3.63, 3.8) is 0 Å². The van der Waals surface area contributed by atoms with Gasteiger partial charge in [0.05, 0.1) is 5.01 Å². The summed E-state index contributed by atoms with van der Waals surface area (Å²) < 4.78 is 1.42. The highest BCUT2D eigenvalue weighted by molar-refractivity contribution is 7.09. The summed E-state index contributed by atoms with van der Waals surface area (Å²) in [5.41, 5.74) is 1.03. The molecule has 3 aromatic heterocycles. The highest BCUT2D eigenvalue weighted by Crippen LogP contribution is 2.11. The molecule has 0 aliphatic heterocycles. The van der Waals surface area contributed by atoms with Crippen molar-refractivity contribution in [2.75, 3.05) is 11.9 Å². The number of nitrogens with one attached hydrogen (secondary N) is 1. The van der Waals surface area contributed by atoms with E-state index in [1.54, 1.807) is 11.3 Å². The Morgan fingerprint density at radius 3 is 2.90 bits per heavy atom. The quantitative estimate of drug-likeness (QED) is 0.761. The van der Waals surface area contributed by atoms with Crippen LogP contribution in [0.25, 0.3) is 5.95 Å². The summed E-state index contributed by atoms with van der Waals surface area (Å²) in [4.78, 5) is 20.5. The zero-order valence-corrected chi connectivity index (χ0v) is 12.6. The molecule has 0 radical (unpaired) electrons. The summed E-state index contributed by atoms with van der Waals surface area (Å²) in [5.74, 6) is 0.717. The van der Waals surface area contributed by atoms with Crippen LogP contribution in [0.3, 0.4) is 0 Å². The number of rotatable bonds is 5. The first-order valence-corrected chi connectivity index (χ1v) is 7.38. The molecule has 3 rings (SSSR count). The van der Waals surface area contributed by atoms with Crippen molar-refractivity contribution in [1.82, 2.24) is 34.7 Å². The van der Waals surface area contributed by atoms with E-state index in [0.717, 1.165) is 17.1 Å². The molecule has 0 saturated heterocycles. The largest absolute Gasteiger partial charge is 0.354 e. The Morgan fingerprint density at radius 2 is 2.19 bits per heavy atom. The molecular formula is C11H11ClN8S. The Kier molecular flexibility index (Phi) is 4.02. The van der Waals surface area contributed by atoms with Crippen LogP contribution >= 0.6 is 22.9 Å². The molecule has 0 saturated carbocycles. The molecule has 8 nitrogen and oxygen atoms in total. The van der Waals surface area contributed by atoms with E-state index in [0.29, 0.717) is 18.4 Å². The van der Waals surface area contributed by atoms with Gasteiger partial charge in [-0.05, 0) is 18.5 Å². The van der Waals surface area contributed by atoms with Gasteiger partial charge >= 0.3 is 0 Å². The van der Waals surface area contributed by atoms with Crippen molar-refractivity contribution in [1.29, 1.82) is 0 Å². The van der Waals surface area contributed by atoms with Crippen LogP contribution in [0.1, 0.15) is 10.7 Å². The van der Waals surface area contributed by atoms with Gasteiger partial charge in [-0.15, -0.1) is 11.3 Å². The molecule has 0 spiro atoms. The van der Waals surface area contributed by atoms with Gasteiger partial charge in [0.15, 0.2) is 0 Å². The number of aryl methyl sites for hydroxylation is 1. The monoisotopic (exact) mass is 322 g/mol. The summed E-state index contributed by atoms with van der Waals surface area (Å²) in [6, 6.07) is 0. The molecule has 3 aromatic rings. The molecule has 0 bridgehead atoms. The number of nitrogens with zero attached hydrogens (tertiary/aromatic N) is 7. The van der Waals surface area contributed by atoms with Crippen molar-refractivity contribution in [2.24, 2.45) is 0 Å². The van der Waals surface area contributed by atoms with Gasteiger partial charge in [-0.1, -0.05) is 0 Å². The molecule has 0 amide bonds. The van der Waals surface area contributed by atoms with Crippen molar-refractivity contribution < 1.29 is 0 Å². The van der Waals surface area contributed by atoms with Crippen LogP contribution in [-0.2, 0) is 6.42 Å². The second kappa shape index (κ2) is 6.10. The van der Waals surface area contributed by atoms with Gasteiger partial charge in [0.2, 0.25) is 11.2 Å². The third kappa shape index (κ3) is 3.50. The number of anilines is 1. The zero-order chi connectivity index (χ0) is 14.7.